The molecule has 0 atom stereocenters. The highest BCUT2D eigenvalue weighted by atomic mass is 16.5. The van der Waals surface area contributed by atoms with Gasteiger partial charge in [0.25, 0.3) is 5.91 Å². The van der Waals surface area contributed by atoms with E-state index >= 15 is 0 Å². The fraction of sp³-hybridized carbons (Fsp3) is 0.136. The molecule has 1 aromatic heterocycles. The Labute approximate surface area is 163 Å². The zero-order valence-corrected chi connectivity index (χ0v) is 15.6. The largest absolute Gasteiger partial charge is 0.491 e. The second-order valence-corrected chi connectivity index (χ2v) is 6.39. The summed E-state index contributed by atoms with van der Waals surface area (Å²) in [6.45, 7) is 3.92. The number of carbonyl (C=O) groups excluding carboxylic acids is 1. The minimum atomic E-state index is -0.242. The molecule has 2 N–H and O–H groups in total. The van der Waals surface area contributed by atoms with E-state index < -0.39 is 0 Å². The first-order valence-corrected chi connectivity index (χ1v) is 8.85. The van der Waals surface area contributed by atoms with Crippen molar-refractivity contribution in [2.45, 2.75) is 20.0 Å². The van der Waals surface area contributed by atoms with Gasteiger partial charge in [-0.2, -0.15) is 5.26 Å². The van der Waals surface area contributed by atoms with Crippen molar-refractivity contribution in [1.29, 1.82) is 5.26 Å². The van der Waals surface area contributed by atoms with Crippen LogP contribution in [0, 0.1) is 11.3 Å². The normalized spacial score (nSPS) is 10.2. The zero-order valence-electron chi connectivity index (χ0n) is 15.6. The summed E-state index contributed by atoms with van der Waals surface area (Å²) in [5.74, 6) is 1.03. The third kappa shape index (κ3) is 5.08. The monoisotopic (exact) mass is 372 g/mol. The van der Waals surface area contributed by atoms with E-state index in [1.165, 1.54) is 0 Å². The number of carbonyl (C=O) groups is 1. The summed E-state index contributed by atoms with van der Waals surface area (Å²) < 4.78 is 5.60. The standard InChI is InChI=1S/C22H20N4O2/c1-15(2)28-20-8-6-18(7-9-20)26-22(27)17-10-11-24-21(13-17)25-19-5-3-4-16(12-19)14-23/h3-13,15H,1-2H3,(H,24,25)(H,26,27). The van der Waals surface area contributed by atoms with E-state index in [-0.39, 0.29) is 12.0 Å². The summed E-state index contributed by atoms with van der Waals surface area (Å²) in [7, 11) is 0. The number of hydrogen-bond donors (Lipinski definition) is 2. The molecule has 0 radical (unpaired) electrons. The van der Waals surface area contributed by atoms with Gasteiger partial charge < -0.3 is 15.4 Å². The van der Waals surface area contributed by atoms with Crippen LogP contribution in [-0.4, -0.2) is 17.0 Å². The number of pyridine rings is 1. The SMILES string of the molecule is CC(C)Oc1ccc(NC(=O)c2ccnc(Nc3cccc(C#N)c3)c2)cc1. The van der Waals surface area contributed by atoms with E-state index in [9.17, 15) is 4.79 Å². The van der Waals surface area contributed by atoms with Gasteiger partial charge in [0.15, 0.2) is 0 Å². The van der Waals surface area contributed by atoms with Gasteiger partial charge in [0.1, 0.15) is 11.6 Å². The second kappa shape index (κ2) is 8.69. The summed E-state index contributed by atoms with van der Waals surface area (Å²) in [5.41, 5.74) is 2.42. The summed E-state index contributed by atoms with van der Waals surface area (Å²) in [6.07, 6.45) is 1.65. The summed E-state index contributed by atoms with van der Waals surface area (Å²) >= 11 is 0. The highest BCUT2D eigenvalue weighted by Crippen LogP contribution is 2.19. The molecule has 6 heteroatoms. The van der Waals surface area contributed by atoms with Crippen LogP contribution in [0.3, 0.4) is 0 Å². The van der Waals surface area contributed by atoms with E-state index in [1.807, 2.05) is 32.0 Å². The van der Waals surface area contributed by atoms with Crippen molar-refractivity contribution in [1.82, 2.24) is 4.98 Å². The number of benzene rings is 2. The van der Waals surface area contributed by atoms with Crippen LogP contribution >= 0.6 is 0 Å². The number of nitriles is 1. The highest BCUT2D eigenvalue weighted by Gasteiger charge is 2.08. The third-order valence-electron chi connectivity index (χ3n) is 3.77. The lowest BCUT2D eigenvalue weighted by Crippen LogP contribution is -2.12. The number of rotatable bonds is 6. The van der Waals surface area contributed by atoms with Crippen molar-refractivity contribution >= 4 is 23.1 Å². The van der Waals surface area contributed by atoms with Crippen LogP contribution in [0.2, 0.25) is 0 Å². The Morgan fingerprint density at radius 1 is 1.07 bits per heavy atom. The number of nitrogens with one attached hydrogen (secondary N) is 2. The van der Waals surface area contributed by atoms with Gasteiger partial charge >= 0.3 is 0 Å². The van der Waals surface area contributed by atoms with Crippen molar-refractivity contribution in [2.24, 2.45) is 0 Å². The first-order valence-electron chi connectivity index (χ1n) is 8.85. The topological polar surface area (TPSA) is 87.0 Å². The number of hydrogen-bond acceptors (Lipinski definition) is 5. The molecule has 6 nitrogen and oxygen atoms in total. The average molecular weight is 372 g/mol. The van der Waals surface area contributed by atoms with Gasteiger partial charge in [-0.3, -0.25) is 4.79 Å². The van der Waals surface area contributed by atoms with Crippen LogP contribution in [0.5, 0.6) is 5.75 Å². The molecule has 0 saturated carbocycles. The number of ether oxygens (including phenoxy) is 1. The van der Waals surface area contributed by atoms with Crippen LogP contribution < -0.4 is 15.4 Å². The van der Waals surface area contributed by atoms with Crippen LogP contribution in [0.25, 0.3) is 0 Å². The molecule has 0 aliphatic heterocycles. The molecule has 0 aliphatic rings. The second-order valence-electron chi connectivity index (χ2n) is 6.39. The average Bonchev–Trinajstić information content (AvgIpc) is 2.69. The van der Waals surface area contributed by atoms with E-state index in [0.29, 0.717) is 22.6 Å². The van der Waals surface area contributed by atoms with Gasteiger partial charge in [-0.05, 0) is 68.4 Å². The first-order chi connectivity index (χ1) is 13.5. The fourth-order valence-corrected chi connectivity index (χ4v) is 2.55. The smallest absolute Gasteiger partial charge is 0.255 e. The maximum atomic E-state index is 12.5. The van der Waals surface area contributed by atoms with Crippen molar-refractivity contribution in [3.05, 3.63) is 78.0 Å². The van der Waals surface area contributed by atoms with Gasteiger partial charge in [-0.1, -0.05) is 6.07 Å². The lowest BCUT2D eigenvalue weighted by atomic mass is 10.2. The van der Waals surface area contributed by atoms with E-state index in [2.05, 4.69) is 21.7 Å². The van der Waals surface area contributed by atoms with E-state index in [4.69, 9.17) is 10.00 Å². The number of amides is 1. The van der Waals surface area contributed by atoms with Crippen molar-refractivity contribution in [3.63, 3.8) is 0 Å². The van der Waals surface area contributed by atoms with Crippen LogP contribution in [0.1, 0.15) is 29.8 Å². The predicted octanol–water partition coefficient (Wildman–Crippen LogP) is 4.74. The van der Waals surface area contributed by atoms with Crippen LogP contribution in [0.15, 0.2) is 66.9 Å². The fourth-order valence-electron chi connectivity index (χ4n) is 2.55. The molecule has 2 aromatic carbocycles. The van der Waals surface area contributed by atoms with Gasteiger partial charge in [0.2, 0.25) is 0 Å². The highest BCUT2D eigenvalue weighted by molar-refractivity contribution is 6.04. The molecule has 3 rings (SSSR count). The molecule has 140 valence electrons. The van der Waals surface area contributed by atoms with Crippen molar-refractivity contribution in [3.8, 4) is 11.8 Å². The molecule has 0 spiro atoms. The number of nitrogens with zero attached hydrogens (tertiary/aromatic N) is 2. The van der Waals surface area contributed by atoms with Crippen molar-refractivity contribution in [2.75, 3.05) is 10.6 Å². The van der Waals surface area contributed by atoms with Crippen LogP contribution in [-0.2, 0) is 0 Å². The predicted molar refractivity (Wildman–Crippen MR) is 109 cm³/mol. The Kier molecular flexibility index (Phi) is 5.87. The summed E-state index contributed by atoms with van der Waals surface area (Å²) in [4.78, 5) is 16.8. The van der Waals surface area contributed by atoms with Crippen LogP contribution in [0.4, 0.5) is 17.2 Å². The minimum absolute atomic E-state index is 0.0945. The summed E-state index contributed by atoms with van der Waals surface area (Å²) in [5, 5.41) is 15.0. The maximum Gasteiger partial charge on any atom is 0.255 e. The van der Waals surface area contributed by atoms with Gasteiger partial charge in [-0.25, -0.2) is 4.98 Å². The molecule has 1 heterocycles. The Morgan fingerprint density at radius 3 is 2.57 bits per heavy atom. The zero-order chi connectivity index (χ0) is 19.9. The quantitative estimate of drug-likeness (QED) is 0.653. The molecule has 0 unspecified atom stereocenters. The Morgan fingerprint density at radius 2 is 1.86 bits per heavy atom. The molecule has 3 aromatic rings. The van der Waals surface area contributed by atoms with E-state index in [0.717, 1.165) is 11.4 Å². The van der Waals surface area contributed by atoms with Gasteiger partial charge in [0, 0.05) is 23.1 Å². The molecule has 0 bridgehead atoms. The lowest BCUT2D eigenvalue weighted by molar-refractivity contribution is 0.102. The molecule has 0 aliphatic carbocycles. The number of aromatic nitrogens is 1. The maximum absolute atomic E-state index is 12.5. The van der Waals surface area contributed by atoms with Gasteiger partial charge in [-0.15, -0.1) is 0 Å². The molecule has 28 heavy (non-hydrogen) atoms. The molecule has 0 saturated heterocycles. The van der Waals surface area contributed by atoms with Crippen molar-refractivity contribution < 1.29 is 9.53 Å². The molecular formula is C22H20N4O2. The molecule has 1 amide bonds. The Hall–Kier alpha value is -3.85. The molecular weight excluding hydrogens is 352 g/mol. The summed E-state index contributed by atoms with van der Waals surface area (Å²) in [6, 6.07) is 19.7. The Bertz CT molecular complexity index is 1010. The molecule has 0 fully saturated rings. The third-order valence-corrected chi connectivity index (χ3v) is 3.77. The Balaban J connectivity index is 1.69. The van der Waals surface area contributed by atoms with E-state index in [1.54, 1.807) is 48.7 Å². The minimum Gasteiger partial charge on any atom is -0.491 e. The first kappa shape index (κ1) is 18.9. The van der Waals surface area contributed by atoms with Gasteiger partial charge in [0.05, 0.1) is 17.7 Å². The lowest BCUT2D eigenvalue weighted by Gasteiger charge is -2.11. The number of anilines is 3.